The van der Waals surface area contributed by atoms with Crippen molar-refractivity contribution in [2.24, 2.45) is 0 Å². The van der Waals surface area contributed by atoms with E-state index in [-0.39, 0.29) is 11.1 Å². The van der Waals surface area contributed by atoms with Crippen molar-refractivity contribution < 1.29 is 9.90 Å². The van der Waals surface area contributed by atoms with Crippen LogP contribution in [-0.4, -0.2) is 15.6 Å². The molecule has 0 fully saturated rings. The lowest BCUT2D eigenvalue weighted by Crippen LogP contribution is -2.20. The first-order valence-electron chi connectivity index (χ1n) is 5.96. The topological polar surface area (TPSA) is 59.3 Å². The van der Waals surface area contributed by atoms with Crippen molar-refractivity contribution >= 4 is 5.97 Å². The average Bonchev–Trinajstić information content (AvgIpc) is 2.30. The van der Waals surface area contributed by atoms with Crippen LogP contribution in [0.1, 0.15) is 27.0 Å². The molecule has 1 aromatic heterocycles. The molecular formula is C15H15NO3. The minimum Gasteiger partial charge on any atom is -0.478 e. The largest absolute Gasteiger partial charge is 0.478 e. The Morgan fingerprint density at radius 3 is 2.32 bits per heavy atom. The molecule has 4 nitrogen and oxygen atoms in total. The molecule has 0 unspecified atom stereocenters. The highest BCUT2D eigenvalue weighted by Gasteiger charge is 2.05. The van der Waals surface area contributed by atoms with Crippen LogP contribution in [-0.2, 0) is 6.54 Å². The Morgan fingerprint density at radius 2 is 1.79 bits per heavy atom. The van der Waals surface area contributed by atoms with Gasteiger partial charge in [0.05, 0.1) is 12.1 Å². The Balaban J connectivity index is 2.33. The number of pyridine rings is 1. The SMILES string of the molecule is Cc1cc(C)cc(Cn2ccc(C(=O)O)cc2=O)c1. The lowest BCUT2D eigenvalue weighted by atomic mass is 10.1. The number of aromatic nitrogens is 1. The van der Waals surface area contributed by atoms with Gasteiger partial charge in [0.25, 0.3) is 5.56 Å². The van der Waals surface area contributed by atoms with Gasteiger partial charge in [-0.2, -0.15) is 0 Å². The molecular weight excluding hydrogens is 242 g/mol. The molecule has 0 saturated heterocycles. The molecule has 0 radical (unpaired) electrons. The van der Waals surface area contributed by atoms with E-state index in [1.165, 1.54) is 16.8 Å². The first-order valence-corrected chi connectivity index (χ1v) is 5.96. The number of rotatable bonds is 3. The van der Waals surface area contributed by atoms with Gasteiger partial charge in [0.15, 0.2) is 0 Å². The highest BCUT2D eigenvalue weighted by Crippen LogP contribution is 2.09. The van der Waals surface area contributed by atoms with Crippen LogP contribution in [0.4, 0.5) is 0 Å². The summed E-state index contributed by atoms with van der Waals surface area (Å²) in [5.41, 5.74) is 3.03. The number of carbonyl (C=O) groups is 1. The number of aromatic carboxylic acids is 1. The molecule has 1 N–H and O–H groups in total. The summed E-state index contributed by atoms with van der Waals surface area (Å²) in [7, 11) is 0. The smallest absolute Gasteiger partial charge is 0.335 e. The van der Waals surface area contributed by atoms with Crippen LogP contribution in [0.15, 0.2) is 41.3 Å². The van der Waals surface area contributed by atoms with Crippen molar-refractivity contribution in [1.82, 2.24) is 4.57 Å². The molecule has 2 aromatic rings. The maximum absolute atomic E-state index is 11.8. The zero-order chi connectivity index (χ0) is 14.0. The first-order chi connectivity index (χ1) is 8.95. The van der Waals surface area contributed by atoms with E-state index in [1.807, 2.05) is 26.0 Å². The third-order valence-electron chi connectivity index (χ3n) is 2.88. The Hall–Kier alpha value is -2.36. The molecule has 0 aliphatic carbocycles. The van der Waals surface area contributed by atoms with Gasteiger partial charge in [-0.1, -0.05) is 29.3 Å². The molecule has 19 heavy (non-hydrogen) atoms. The van der Waals surface area contributed by atoms with E-state index in [4.69, 9.17) is 5.11 Å². The van der Waals surface area contributed by atoms with Crippen molar-refractivity contribution in [2.75, 3.05) is 0 Å². The highest BCUT2D eigenvalue weighted by atomic mass is 16.4. The van der Waals surface area contributed by atoms with Crippen LogP contribution in [0, 0.1) is 13.8 Å². The molecule has 0 aliphatic rings. The van der Waals surface area contributed by atoms with Gasteiger partial charge in [0, 0.05) is 12.3 Å². The van der Waals surface area contributed by atoms with Gasteiger partial charge >= 0.3 is 5.97 Å². The van der Waals surface area contributed by atoms with Crippen LogP contribution < -0.4 is 5.56 Å². The van der Waals surface area contributed by atoms with Crippen molar-refractivity contribution in [3.63, 3.8) is 0 Å². The van der Waals surface area contributed by atoms with E-state index < -0.39 is 5.97 Å². The standard InChI is InChI=1S/C15H15NO3/c1-10-5-11(2)7-12(6-10)9-16-4-3-13(15(18)19)8-14(16)17/h3-8H,9H2,1-2H3,(H,18,19). The number of aryl methyl sites for hydroxylation is 2. The van der Waals surface area contributed by atoms with E-state index in [9.17, 15) is 9.59 Å². The summed E-state index contributed by atoms with van der Waals surface area (Å²) in [6, 6.07) is 8.69. The second kappa shape index (κ2) is 5.10. The Kier molecular flexibility index (Phi) is 3.51. The predicted molar refractivity (Wildman–Crippen MR) is 72.7 cm³/mol. The number of carboxylic acid groups (broad SMARTS) is 1. The second-order valence-corrected chi connectivity index (χ2v) is 4.68. The van der Waals surface area contributed by atoms with Gasteiger partial charge in [-0.3, -0.25) is 4.79 Å². The number of hydrogen-bond acceptors (Lipinski definition) is 2. The molecule has 0 saturated carbocycles. The van der Waals surface area contributed by atoms with Crippen LogP contribution >= 0.6 is 0 Å². The fourth-order valence-corrected chi connectivity index (χ4v) is 2.13. The lowest BCUT2D eigenvalue weighted by Gasteiger charge is -2.08. The number of hydrogen-bond donors (Lipinski definition) is 1. The summed E-state index contributed by atoms with van der Waals surface area (Å²) in [6.07, 6.45) is 1.52. The van der Waals surface area contributed by atoms with Gasteiger partial charge in [0.1, 0.15) is 0 Å². The summed E-state index contributed by atoms with van der Waals surface area (Å²) >= 11 is 0. The summed E-state index contributed by atoms with van der Waals surface area (Å²) in [6.45, 7) is 4.46. The Bertz CT molecular complexity index is 666. The molecule has 2 rings (SSSR count). The summed E-state index contributed by atoms with van der Waals surface area (Å²) < 4.78 is 1.50. The van der Waals surface area contributed by atoms with Crippen molar-refractivity contribution in [3.05, 3.63) is 69.1 Å². The van der Waals surface area contributed by atoms with E-state index >= 15 is 0 Å². The third-order valence-corrected chi connectivity index (χ3v) is 2.88. The number of benzene rings is 1. The van der Waals surface area contributed by atoms with Gasteiger partial charge in [-0.15, -0.1) is 0 Å². The van der Waals surface area contributed by atoms with E-state index in [1.54, 1.807) is 0 Å². The quantitative estimate of drug-likeness (QED) is 0.917. The molecule has 0 bridgehead atoms. The van der Waals surface area contributed by atoms with Gasteiger partial charge in [-0.25, -0.2) is 4.79 Å². The molecule has 0 atom stereocenters. The summed E-state index contributed by atoms with van der Waals surface area (Å²) in [5.74, 6) is -1.09. The maximum atomic E-state index is 11.8. The molecule has 0 aliphatic heterocycles. The number of carboxylic acids is 1. The van der Waals surface area contributed by atoms with Crippen LogP contribution in [0.3, 0.4) is 0 Å². The Labute approximate surface area is 110 Å². The van der Waals surface area contributed by atoms with Gasteiger partial charge in [0.2, 0.25) is 0 Å². The highest BCUT2D eigenvalue weighted by molar-refractivity contribution is 5.87. The summed E-state index contributed by atoms with van der Waals surface area (Å²) in [4.78, 5) is 22.6. The molecule has 0 spiro atoms. The Morgan fingerprint density at radius 1 is 1.16 bits per heavy atom. The molecule has 4 heteroatoms. The summed E-state index contributed by atoms with van der Waals surface area (Å²) in [5, 5.41) is 8.81. The normalized spacial score (nSPS) is 10.4. The molecule has 1 aromatic carbocycles. The average molecular weight is 257 g/mol. The van der Waals surface area contributed by atoms with Crippen molar-refractivity contribution in [3.8, 4) is 0 Å². The fraction of sp³-hybridized carbons (Fsp3) is 0.200. The zero-order valence-electron chi connectivity index (χ0n) is 10.9. The zero-order valence-corrected chi connectivity index (χ0v) is 10.9. The first kappa shape index (κ1) is 13.1. The van der Waals surface area contributed by atoms with Crippen molar-refractivity contribution in [1.29, 1.82) is 0 Å². The van der Waals surface area contributed by atoms with Crippen LogP contribution in [0.25, 0.3) is 0 Å². The van der Waals surface area contributed by atoms with E-state index in [2.05, 4.69) is 6.07 Å². The maximum Gasteiger partial charge on any atom is 0.335 e. The lowest BCUT2D eigenvalue weighted by molar-refractivity contribution is 0.0696. The monoisotopic (exact) mass is 257 g/mol. The minimum absolute atomic E-state index is 0.0154. The fourth-order valence-electron chi connectivity index (χ4n) is 2.13. The van der Waals surface area contributed by atoms with Gasteiger partial charge < -0.3 is 9.67 Å². The van der Waals surface area contributed by atoms with E-state index in [0.29, 0.717) is 6.54 Å². The molecule has 0 amide bonds. The minimum atomic E-state index is -1.09. The van der Waals surface area contributed by atoms with Crippen LogP contribution in [0.5, 0.6) is 0 Å². The van der Waals surface area contributed by atoms with Crippen molar-refractivity contribution in [2.45, 2.75) is 20.4 Å². The number of nitrogens with zero attached hydrogens (tertiary/aromatic N) is 1. The third kappa shape index (κ3) is 3.10. The molecule has 1 heterocycles. The molecule has 98 valence electrons. The van der Waals surface area contributed by atoms with Crippen LogP contribution in [0.2, 0.25) is 0 Å². The van der Waals surface area contributed by atoms with E-state index in [0.717, 1.165) is 22.8 Å². The van der Waals surface area contributed by atoms with Gasteiger partial charge in [-0.05, 0) is 25.5 Å². The predicted octanol–water partition coefficient (Wildman–Crippen LogP) is 2.21. The second-order valence-electron chi connectivity index (χ2n) is 4.68.